The van der Waals surface area contributed by atoms with Gasteiger partial charge in [-0.15, -0.1) is 0 Å². The van der Waals surface area contributed by atoms with Crippen molar-refractivity contribution in [3.63, 3.8) is 0 Å². The Balaban J connectivity index is 2.09. The van der Waals surface area contributed by atoms with Crippen molar-refractivity contribution in [2.75, 3.05) is 7.11 Å². The Morgan fingerprint density at radius 3 is 2.33 bits per heavy atom. The van der Waals surface area contributed by atoms with Crippen molar-refractivity contribution in [1.29, 1.82) is 0 Å². The number of nitrogens with one attached hydrogen (secondary N) is 2. The van der Waals surface area contributed by atoms with Gasteiger partial charge in [0.1, 0.15) is 5.75 Å². The largest absolute Gasteiger partial charge is 0.497 e. The molecule has 2 amide bonds. The summed E-state index contributed by atoms with van der Waals surface area (Å²) in [6, 6.07) is 13.7. The summed E-state index contributed by atoms with van der Waals surface area (Å²) in [5.41, 5.74) is -1.18. The second-order valence-electron chi connectivity index (χ2n) is 6.18. The smallest absolute Gasteiger partial charge is 0.317 e. The van der Waals surface area contributed by atoms with E-state index in [1.165, 1.54) is 7.11 Å². The van der Waals surface area contributed by atoms with Gasteiger partial charge >= 0.3 is 6.03 Å². The number of rotatable bonds is 5. The molecule has 2 aromatic rings. The first-order valence-corrected chi connectivity index (χ1v) is 9.06. The van der Waals surface area contributed by atoms with Crippen LogP contribution in [0.25, 0.3) is 0 Å². The summed E-state index contributed by atoms with van der Waals surface area (Å²) in [6.07, 6.45) is 0. The number of methoxy groups -OCH3 is 1. The number of hydrogen-bond acceptors (Lipinski definition) is 4. The Morgan fingerprint density at radius 2 is 1.78 bits per heavy atom. The van der Waals surface area contributed by atoms with Crippen molar-refractivity contribution in [2.24, 2.45) is 5.92 Å². The van der Waals surface area contributed by atoms with Crippen LogP contribution in [-0.4, -0.2) is 34.6 Å². The maximum Gasteiger partial charge on any atom is 0.317 e. The average Bonchev–Trinajstić information content (AvgIpc) is 2.67. The van der Waals surface area contributed by atoms with Crippen molar-refractivity contribution < 1.29 is 19.4 Å². The highest BCUT2D eigenvalue weighted by Gasteiger charge is 2.55. The Morgan fingerprint density at radius 1 is 1.15 bits per heavy atom. The number of benzene rings is 2. The number of ketones is 1. The van der Waals surface area contributed by atoms with Crippen molar-refractivity contribution in [2.45, 2.75) is 16.6 Å². The highest BCUT2D eigenvalue weighted by Crippen LogP contribution is 2.40. The van der Waals surface area contributed by atoms with E-state index in [1.807, 2.05) is 0 Å². The van der Waals surface area contributed by atoms with Gasteiger partial charge in [0.2, 0.25) is 0 Å². The molecule has 2 aromatic carbocycles. The van der Waals surface area contributed by atoms with Crippen molar-refractivity contribution >= 4 is 35.0 Å². The summed E-state index contributed by atoms with van der Waals surface area (Å²) < 4.78 is 5.14. The van der Waals surface area contributed by atoms with Crippen LogP contribution in [0.3, 0.4) is 0 Å². The molecule has 3 unspecified atom stereocenters. The van der Waals surface area contributed by atoms with Gasteiger partial charge in [-0.1, -0.05) is 65.7 Å². The molecule has 1 aliphatic heterocycles. The van der Waals surface area contributed by atoms with Crippen LogP contribution in [0.15, 0.2) is 54.6 Å². The molecular formula is C19H18Cl2N2O4. The van der Waals surface area contributed by atoms with Crippen LogP contribution < -0.4 is 15.4 Å². The van der Waals surface area contributed by atoms with Crippen LogP contribution in [0.2, 0.25) is 0 Å². The monoisotopic (exact) mass is 408 g/mol. The van der Waals surface area contributed by atoms with Crippen LogP contribution in [-0.2, 0) is 0 Å². The van der Waals surface area contributed by atoms with Crippen molar-refractivity contribution in [3.8, 4) is 5.75 Å². The molecule has 3 rings (SSSR count). The summed E-state index contributed by atoms with van der Waals surface area (Å²) >= 11 is 12.0. The summed E-state index contributed by atoms with van der Waals surface area (Å²) in [6.45, 7) is 0. The molecule has 27 heavy (non-hydrogen) atoms. The molecule has 0 aliphatic carbocycles. The predicted octanol–water partition coefficient (Wildman–Crippen LogP) is 3.04. The number of hydrogen-bond donors (Lipinski definition) is 3. The molecule has 0 radical (unpaired) electrons. The van der Waals surface area contributed by atoms with Crippen LogP contribution in [0, 0.1) is 5.92 Å². The number of alkyl halides is 2. The Kier molecular flexibility index (Phi) is 5.60. The van der Waals surface area contributed by atoms with Gasteiger partial charge in [-0.3, -0.25) is 4.79 Å². The van der Waals surface area contributed by atoms with E-state index in [-0.39, 0.29) is 0 Å². The minimum atomic E-state index is -2.15. The van der Waals surface area contributed by atoms with Gasteiger partial charge in [0.15, 0.2) is 16.3 Å². The number of urea groups is 1. The van der Waals surface area contributed by atoms with E-state index < -0.39 is 34.3 Å². The maximum atomic E-state index is 13.2. The molecule has 0 aromatic heterocycles. The SMILES string of the molecule is COc1ccc(C2NC(=O)NC(O)(C(Cl)Cl)C2C(=O)c2ccccc2)cc1. The normalized spacial score (nSPS) is 24.9. The van der Waals surface area contributed by atoms with E-state index in [9.17, 15) is 14.7 Å². The number of aliphatic hydroxyl groups is 1. The molecule has 6 nitrogen and oxygen atoms in total. The molecule has 1 fully saturated rings. The van der Waals surface area contributed by atoms with E-state index >= 15 is 0 Å². The molecule has 1 saturated heterocycles. The third kappa shape index (κ3) is 3.74. The highest BCUT2D eigenvalue weighted by molar-refractivity contribution is 6.45. The lowest BCUT2D eigenvalue weighted by Gasteiger charge is -2.45. The Bertz CT molecular complexity index is 829. The van der Waals surface area contributed by atoms with Crippen LogP contribution in [0.1, 0.15) is 22.0 Å². The topological polar surface area (TPSA) is 87.7 Å². The number of amides is 2. The van der Waals surface area contributed by atoms with E-state index in [0.717, 1.165) is 0 Å². The molecule has 1 heterocycles. The molecule has 3 atom stereocenters. The molecule has 3 N–H and O–H groups in total. The molecule has 0 spiro atoms. The van der Waals surface area contributed by atoms with Crippen LogP contribution in [0.5, 0.6) is 5.75 Å². The standard InChI is InChI=1S/C19H18Cl2N2O4/c1-27-13-9-7-11(8-10-13)15-14(16(24)12-5-3-2-4-6-12)19(26,17(20)21)23-18(25)22-15/h2-10,14-15,17,26H,1H3,(H2,22,23,25). The fraction of sp³-hybridized carbons (Fsp3) is 0.263. The van der Waals surface area contributed by atoms with Gasteiger partial charge in [-0.25, -0.2) is 4.79 Å². The summed E-state index contributed by atoms with van der Waals surface area (Å²) in [5, 5.41) is 16.1. The summed E-state index contributed by atoms with van der Waals surface area (Å²) in [4.78, 5) is 24.0. The lowest BCUT2D eigenvalue weighted by Crippen LogP contribution is -2.69. The number of ether oxygens (including phenoxy) is 1. The fourth-order valence-electron chi connectivity index (χ4n) is 3.18. The second kappa shape index (κ2) is 7.76. The Labute approximate surface area is 166 Å². The first kappa shape index (κ1) is 19.5. The molecule has 0 bridgehead atoms. The fourth-order valence-corrected chi connectivity index (χ4v) is 3.57. The molecule has 0 saturated carbocycles. The van der Waals surface area contributed by atoms with E-state index in [4.69, 9.17) is 27.9 Å². The third-order valence-electron chi connectivity index (χ3n) is 4.56. The molecular weight excluding hydrogens is 391 g/mol. The van der Waals surface area contributed by atoms with Gasteiger partial charge in [0.25, 0.3) is 0 Å². The zero-order valence-corrected chi connectivity index (χ0v) is 15.9. The minimum absolute atomic E-state index is 0.367. The first-order valence-electron chi connectivity index (χ1n) is 8.19. The quantitative estimate of drug-likeness (QED) is 0.523. The number of halogens is 2. The maximum absolute atomic E-state index is 13.2. The summed E-state index contributed by atoms with van der Waals surface area (Å²) in [5.74, 6) is -0.948. The third-order valence-corrected chi connectivity index (χ3v) is 5.22. The first-order chi connectivity index (χ1) is 12.9. The predicted molar refractivity (Wildman–Crippen MR) is 102 cm³/mol. The second-order valence-corrected chi connectivity index (χ2v) is 7.28. The van der Waals surface area contributed by atoms with Crippen LogP contribution >= 0.6 is 23.2 Å². The highest BCUT2D eigenvalue weighted by atomic mass is 35.5. The van der Waals surface area contributed by atoms with Gasteiger partial charge < -0.3 is 20.5 Å². The molecule has 8 heteroatoms. The zero-order chi connectivity index (χ0) is 19.6. The number of Topliss-reactive ketones (excluding diaryl/α,β-unsaturated/α-hetero) is 1. The van der Waals surface area contributed by atoms with E-state index in [1.54, 1.807) is 54.6 Å². The average molecular weight is 409 g/mol. The van der Waals surface area contributed by atoms with Gasteiger partial charge in [0, 0.05) is 5.56 Å². The Hall–Kier alpha value is -2.28. The van der Waals surface area contributed by atoms with Gasteiger partial charge in [0.05, 0.1) is 19.1 Å². The van der Waals surface area contributed by atoms with E-state index in [0.29, 0.717) is 16.9 Å². The minimum Gasteiger partial charge on any atom is -0.497 e. The zero-order valence-electron chi connectivity index (χ0n) is 14.4. The van der Waals surface area contributed by atoms with Gasteiger partial charge in [-0.2, -0.15) is 0 Å². The van der Waals surface area contributed by atoms with E-state index in [2.05, 4.69) is 10.6 Å². The van der Waals surface area contributed by atoms with Gasteiger partial charge in [-0.05, 0) is 17.7 Å². The number of carbonyl (C=O) groups excluding carboxylic acids is 2. The van der Waals surface area contributed by atoms with Crippen LogP contribution in [0.4, 0.5) is 4.79 Å². The summed E-state index contributed by atoms with van der Waals surface area (Å²) in [7, 11) is 1.54. The molecule has 1 aliphatic rings. The van der Waals surface area contributed by atoms with Crippen molar-refractivity contribution in [3.05, 3.63) is 65.7 Å². The molecule has 142 valence electrons. The lowest BCUT2D eigenvalue weighted by atomic mass is 9.78. The number of carbonyl (C=O) groups is 2. The van der Waals surface area contributed by atoms with Crippen molar-refractivity contribution in [1.82, 2.24) is 10.6 Å². The lowest BCUT2D eigenvalue weighted by molar-refractivity contribution is -0.0414.